The lowest BCUT2D eigenvalue weighted by atomic mass is 10.0. The van der Waals surface area contributed by atoms with Crippen molar-refractivity contribution in [3.05, 3.63) is 89.0 Å². The minimum atomic E-state index is 0.0265. The van der Waals surface area contributed by atoms with E-state index in [4.69, 9.17) is 0 Å². The second kappa shape index (κ2) is 8.31. The maximum absolute atomic E-state index is 12.1. The predicted octanol–water partition coefficient (Wildman–Crippen LogP) is 4.14. The zero-order valence-electron chi connectivity index (χ0n) is 18.3. The van der Waals surface area contributed by atoms with Crippen molar-refractivity contribution in [3.8, 4) is 22.3 Å². The van der Waals surface area contributed by atoms with Gasteiger partial charge in [-0.1, -0.05) is 30.3 Å². The Morgan fingerprint density at radius 3 is 2.52 bits per heavy atom. The molecule has 0 radical (unpaired) electrons. The maximum atomic E-state index is 12.1. The van der Waals surface area contributed by atoms with Gasteiger partial charge in [0.05, 0.1) is 0 Å². The summed E-state index contributed by atoms with van der Waals surface area (Å²) in [5.41, 5.74) is 7.40. The third-order valence-electron chi connectivity index (χ3n) is 6.50. The van der Waals surface area contributed by atoms with Gasteiger partial charge in [0.2, 0.25) is 0 Å². The van der Waals surface area contributed by atoms with Crippen molar-refractivity contribution in [1.29, 1.82) is 0 Å². The summed E-state index contributed by atoms with van der Waals surface area (Å²) in [5.74, 6) is 0. The molecule has 1 aliphatic heterocycles. The first-order valence-corrected chi connectivity index (χ1v) is 11.4. The molecular formula is C27H25N5O. The molecular weight excluding hydrogens is 410 g/mol. The lowest BCUT2D eigenvalue weighted by Gasteiger charge is -2.27. The lowest BCUT2D eigenvalue weighted by Crippen LogP contribution is -2.42. The minimum Gasteiger partial charge on any atom is -0.361 e. The van der Waals surface area contributed by atoms with Crippen molar-refractivity contribution in [3.63, 3.8) is 0 Å². The van der Waals surface area contributed by atoms with Crippen LogP contribution >= 0.6 is 0 Å². The third kappa shape index (κ3) is 3.84. The van der Waals surface area contributed by atoms with Crippen LogP contribution in [0.25, 0.3) is 44.2 Å². The first-order chi connectivity index (χ1) is 16.2. The Balaban J connectivity index is 1.32. The summed E-state index contributed by atoms with van der Waals surface area (Å²) in [4.78, 5) is 25.7. The number of nitrogens with one attached hydrogen (secondary N) is 3. The number of rotatable bonds is 4. The molecule has 0 spiro atoms. The molecule has 4 heterocycles. The SMILES string of the molecule is O=c1cc[nH]c2cc(-c3c[nH]c4ncc(-c5ccc(CN6CCNCC6)cc5)cc34)ccc12. The fraction of sp³-hybridized carbons (Fsp3) is 0.185. The summed E-state index contributed by atoms with van der Waals surface area (Å²) < 4.78 is 0. The zero-order valence-corrected chi connectivity index (χ0v) is 18.3. The largest absolute Gasteiger partial charge is 0.361 e. The molecule has 6 nitrogen and oxygen atoms in total. The third-order valence-corrected chi connectivity index (χ3v) is 6.50. The van der Waals surface area contributed by atoms with Crippen LogP contribution in [0.5, 0.6) is 0 Å². The molecule has 6 heteroatoms. The zero-order chi connectivity index (χ0) is 22.2. The number of nitrogens with zero attached hydrogens (tertiary/aromatic N) is 2. The first kappa shape index (κ1) is 19.9. The summed E-state index contributed by atoms with van der Waals surface area (Å²) in [5, 5.41) is 5.16. The molecule has 33 heavy (non-hydrogen) atoms. The Morgan fingerprint density at radius 1 is 0.848 bits per heavy atom. The highest BCUT2D eigenvalue weighted by atomic mass is 16.1. The van der Waals surface area contributed by atoms with Gasteiger partial charge in [0.1, 0.15) is 5.65 Å². The molecule has 5 aromatic rings. The van der Waals surface area contributed by atoms with E-state index in [-0.39, 0.29) is 5.43 Å². The number of hydrogen-bond acceptors (Lipinski definition) is 4. The predicted molar refractivity (Wildman–Crippen MR) is 133 cm³/mol. The molecule has 0 amide bonds. The number of benzene rings is 2. The average Bonchev–Trinajstić information content (AvgIpc) is 3.28. The number of piperazine rings is 1. The van der Waals surface area contributed by atoms with Crippen LogP contribution in [0.3, 0.4) is 0 Å². The van der Waals surface area contributed by atoms with Crippen molar-refractivity contribution in [2.45, 2.75) is 6.54 Å². The molecule has 1 fully saturated rings. The molecule has 2 aromatic carbocycles. The van der Waals surface area contributed by atoms with Crippen LogP contribution in [-0.4, -0.2) is 46.0 Å². The fourth-order valence-corrected chi connectivity index (χ4v) is 4.67. The van der Waals surface area contributed by atoms with Crippen molar-refractivity contribution < 1.29 is 0 Å². The number of H-pyrrole nitrogens is 2. The van der Waals surface area contributed by atoms with Crippen LogP contribution in [0.15, 0.2) is 78.0 Å². The van der Waals surface area contributed by atoms with E-state index >= 15 is 0 Å². The number of aromatic nitrogens is 3. The highest BCUT2D eigenvalue weighted by Gasteiger charge is 2.12. The molecule has 0 unspecified atom stereocenters. The van der Waals surface area contributed by atoms with Crippen LogP contribution in [0.4, 0.5) is 0 Å². The van der Waals surface area contributed by atoms with E-state index in [1.54, 1.807) is 12.3 Å². The number of fused-ring (bicyclic) bond motifs is 2. The summed E-state index contributed by atoms with van der Waals surface area (Å²) in [6, 6.07) is 18.5. The van der Waals surface area contributed by atoms with Gasteiger partial charge in [0, 0.05) is 84.8 Å². The van der Waals surface area contributed by atoms with E-state index < -0.39 is 0 Å². The van der Waals surface area contributed by atoms with Gasteiger partial charge in [-0.15, -0.1) is 0 Å². The molecule has 6 rings (SSSR count). The minimum absolute atomic E-state index is 0.0265. The van der Waals surface area contributed by atoms with Crippen LogP contribution in [0, 0.1) is 0 Å². The van der Waals surface area contributed by atoms with Gasteiger partial charge in [-0.25, -0.2) is 4.98 Å². The van der Waals surface area contributed by atoms with E-state index in [1.165, 1.54) is 5.56 Å². The molecule has 1 aliphatic rings. The van der Waals surface area contributed by atoms with Crippen molar-refractivity contribution >= 4 is 21.9 Å². The highest BCUT2D eigenvalue weighted by molar-refractivity contribution is 5.97. The smallest absolute Gasteiger partial charge is 0.189 e. The van der Waals surface area contributed by atoms with Gasteiger partial charge in [0.25, 0.3) is 0 Å². The Bertz CT molecular complexity index is 1490. The van der Waals surface area contributed by atoms with Gasteiger partial charge in [-0.3, -0.25) is 9.69 Å². The lowest BCUT2D eigenvalue weighted by molar-refractivity contribution is 0.233. The second-order valence-corrected chi connectivity index (χ2v) is 8.65. The van der Waals surface area contributed by atoms with Crippen LogP contribution in [0.2, 0.25) is 0 Å². The number of aromatic amines is 2. The molecule has 1 saturated heterocycles. The molecule has 3 aromatic heterocycles. The second-order valence-electron chi connectivity index (χ2n) is 8.65. The van der Waals surface area contributed by atoms with Crippen molar-refractivity contribution in [1.82, 2.24) is 25.2 Å². The molecule has 164 valence electrons. The van der Waals surface area contributed by atoms with Gasteiger partial charge in [0.15, 0.2) is 5.43 Å². The van der Waals surface area contributed by atoms with Crippen molar-refractivity contribution in [2.75, 3.05) is 26.2 Å². The fourth-order valence-electron chi connectivity index (χ4n) is 4.67. The Labute approximate surface area is 191 Å². The van der Waals surface area contributed by atoms with E-state index in [9.17, 15) is 4.79 Å². The maximum Gasteiger partial charge on any atom is 0.189 e. The van der Waals surface area contributed by atoms with Crippen LogP contribution in [0.1, 0.15) is 5.56 Å². The summed E-state index contributed by atoms with van der Waals surface area (Å²) in [6.45, 7) is 5.32. The average molecular weight is 436 g/mol. The number of hydrogen-bond donors (Lipinski definition) is 3. The van der Waals surface area contributed by atoms with Gasteiger partial charge < -0.3 is 15.3 Å². The summed E-state index contributed by atoms with van der Waals surface area (Å²) >= 11 is 0. The first-order valence-electron chi connectivity index (χ1n) is 11.4. The van der Waals surface area contributed by atoms with E-state index in [1.807, 2.05) is 30.6 Å². The molecule has 3 N–H and O–H groups in total. The highest BCUT2D eigenvalue weighted by Crippen LogP contribution is 2.32. The van der Waals surface area contributed by atoms with E-state index in [2.05, 4.69) is 55.5 Å². The summed E-state index contributed by atoms with van der Waals surface area (Å²) in [7, 11) is 0. The van der Waals surface area contributed by atoms with Crippen LogP contribution < -0.4 is 10.7 Å². The normalized spacial score (nSPS) is 14.8. The van der Waals surface area contributed by atoms with Gasteiger partial charge >= 0.3 is 0 Å². The quantitative estimate of drug-likeness (QED) is 0.397. The standard InChI is InChI=1S/C27H25N5O/c33-26-7-8-29-25-14-20(5-6-22(25)26)24-16-31-27-23(24)13-21(15-30-27)19-3-1-18(2-4-19)17-32-11-9-28-10-12-32/h1-8,13-16,28H,9-12,17H2,(H,29,33)(H,30,31). The van der Waals surface area contributed by atoms with E-state index in [0.717, 1.165) is 71.5 Å². The van der Waals surface area contributed by atoms with E-state index in [0.29, 0.717) is 5.39 Å². The Hall–Kier alpha value is -3.74. The van der Waals surface area contributed by atoms with Gasteiger partial charge in [-0.05, 0) is 34.9 Å². The Morgan fingerprint density at radius 2 is 1.67 bits per heavy atom. The van der Waals surface area contributed by atoms with Gasteiger partial charge in [-0.2, -0.15) is 0 Å². The summed E-state index contributed by atoms with van der Waals surface area (Å²) in [6.07, 6.45) is 5.60. The molecule has 0 saturated carbocycles. The van der Waals surface area contributed by atoms with Crippen LogP contribution in [-0.2, 0) is 6.54 Å². The monoisotopic (exact) mass is 435 g/mol. The Kier molecular flexibility index (Phi) is 5.02. The molecule has 0 bridgehead atoms. The molecule has 0 atom stereocenters. The number of pyridine rings is 2. The topological polar surface area (TPSA) is 76.8 Å². The van der Waals surface area contributed by atoms with Crippen molar-refractivity contribution in [2.24, 2.45) is 0 Å². The molecule has 0 aliphatic carbocycles.